The number of carbonyl (C=O) groups excluding carboxylic acids is 1. The fourth-order valence-corrected chi connectivity index (χ4v) is 1.74. The van der Waals surface area contributed by atoms with Crippen LogP contribution < -0.4 is 0 Å². The maximum absolute atomic E-state index is 11.8. The maximum Gasteiger partial charge on any atom is 0.287 e. The van der Waals surface area contributed by atoms with Gasteiger partial charge in [0.05, 0.1) is 17.5 Å². The second kappa shape index (κ2) is 5.12. The number of hydrogen-bond donors (Lipinski definition) is 0. The predicted molar refractivity (Wildman–Crippen MR) is 57.3 cm³/mol. The Morgan fingerprint density at radius 3 is 2.79 bits per heavy atom. The minimum absolute atomic E-state index is 0.0585. The van der Waals surface area contributed by atoms with Crippen molar-refractivity contribution >= 4 is 17.2 Å². The second-order valence-electron chi connectivity index (χ2n) is 3.12. The Morgan fingerprint density at radius 2 is 2.36 bits per heavy atom. The van der Waals surface area contributed by atoms with Crippen LogP contribution in [0.1, 0.15) is 30.4 Å². The lowest BCUT2D eigenvalue weighted by atomic mass is 10.3. The highest BCUT2D eigenvalue weighted by Gasteiger charge is 2.19. The Balaban J connectivity index is 2.74. The van der Waals surface area contributed by atoms with Crippen LogP contribution in [0, 0.1) is 0 Å². The van der Waals surface area contributed by atoms with Crippen LogP contribution in [0.3, 0.4) is 0 Å². The fraction of sp³-hybridized carbons (Fsp3) is 0.500. The van der Waals surface area contributed by atoms with E-state index in [0.717, 1.165) is 0 Å². The lowest BCUT2D eigenvalue weighted by molar-refractivity contribution is -0.137. The molecule has 78 valence electrons. The van der Waals surface area contributed by atoms with Crippen LogP contribution in [0.25, 0.3) is 0 Å². The number of carbonyl (C=O) groups is 1. The maximum atomic E-state index is 11.8. The van der Waals surface area contributed by atoms with E-state index in [2.05, 4.69) is 0 Å². The van der Waals surface area contributed by atoms with Gasteiger partial charge in [-0.2, -0.15) is 0 Å². The number of hydrogen-bond acceptors (Lipinski definition) is 3. The molecular formula is C10H15NO2S. The molecule has 0 fully saturated rings. The molecule has 14 heavy (non-hydrogen) atoms. The average Bonchev–Trinajstić information content (AvgIpc) is 2.65. The van der Waals surface area contributed by atoms with E-state index < -0.39 is 0 Å². The van der Waals surface area contributed by atoms with Crippen molar-refractivity contribution in [2.75, 3.05) is 6.61 Å². The highest BCUT2D eigenvalue weighted by Crippen LogP contribution is 2.14. The minimum Gasteiger partial charge on any atom is -0.271 e. The third kappa shape index (κ3) is 2.56. The van der Waals surface area contributed by atoms with Crippen molar-refractivity contribution in [3.8, 4) is 0 Å². The summed E-state index contributed by atoms with van der Waals surface area (Å²) in [6.07, 6.45) is 0. The standard InChI is InChI=1S/C10H15NO2S/c1-4-13-11(8(2)3)10(12)9-6-5-7-14-9/h5-8H,4H2,1-3H3. The first-order valence-electron chi connectivity index (χ1n) is 4.66. The van der Waals surface area contributed by atoms with Crippen LogP contribution in [0.5, 0.6) is 0 Å². The van der Waals surface area contributed by atoms with E-state index in [0.29, 0.717) is 11.5 Å². The van der Waals surface area contributed by atoms with Crippen molar-refractivity contribution in [2.24, 2.45) is 0 Å². The Bertz CT molecular complexity index is 282. The van der Waals surface area contributed by atoms with E-state index in [-0.39, 0.29) is 11.9 Å². The molecular weight excluding hydrogens is 198 g/mol. The monoisotopic (exact) mass is 213 g/mol. The molecule has 4 heteroatoms. The van der Waals surface area contributed by atoms with Gasteiger partial charge in [0.15, 0.2) is 0 Å². The van der Waals surface area contributed by atoms with Gasteiger partial charge in [0, 0.05) is 0 Å². The first-order valence-corrected chi connectivity index (χ1v) is 5.54. The lowest BCUT2D eigenvalue weighted by Crippen LogP contribution is -2.36. The molecule has 0 aliphatic heterocycles. The van der Waals surface area contributed by atoms with E-state index in [4.69, 9.17) is 4.84 Å². The van der Waals surface area contributed by atoms with E-state index >= 15 is 0 Å². The van der Waals surface area contributed by atoms with Gasteiger partial charge in [0.2, 0.25) is 0 Å². The summed E-state index contributed by atoms with van der Waals surface area (Å²) in [5, 5.41) is 3.31. The van der Waals surface area contributed by atoms with Gasteiger partial charge in [0.1, 0.15) is 0 Å². The molecule has 0 atom stereocenters. The quantitative estimate of drug-likeness (QED) is 0.719. The Morgan fingerprint density at radius 1 is 1.64 bits per heavy atom. The lowest BCUT2D eigenvalue weighted by Gasteiger charge is -2.24. The summed E-state index contributed by atoms with van der Waals surface area (Å²) >= 11 is 1.43. The zero-order valence-corrected chi connectivity index (χ0v) is 9.50. The summed E-state index contributed by atoms with van der Waals surface area (Å²) in [6, 6.07) is 3.73. The van der Waals surface area contributed by atoms with Gasteiger partial charge in [-0.25, -0.2) is 5.06 Å². The van der Waals surface area contributed by atoms with Crippen LogP contribution >= 0.6 is 11.3 Å². The minimum atomic E-state index is -0.0585. The third-order valence-corrected chi connectivity index (χ3v) is 2.53. The molecule has 1 amide bonds. The number of rotatable bonds is 4. The van der Waals surface area contributed by atoms with E-state index in [1.807, 2.05) is 32.2 Å². The highest BCUT2D eigenvalue weighted by molar-refractivity contribution is 7.12. The summed E-state index contributed by atoms with van der Waals surface area (Å²) in [6.45, 7) is 6.24. The summed E-state index contributed by atoms with van der Waals surface area (Å²) in [5.41, 5.74) is 0. The zero-order chi connectivity index (χ0) is 10.6. The largest absolute Gasteiger partial charge is 0.287 e. The topological polar surface area (TPSA) is 29.5 Å². The molecule has 3 nitrogen and oxygen atoms in total. The summed E-state index contributed by atoms with van der Waals surface area (Å²) < 4.78 is 0. The number of nitrogens with zero attached hydrogens (tertiary/aromatic N) is 1. The van der Waals surface area contributed by atoms with Crippen LogP contribution in [0.15, 0.2) is 17.5 Å². The smallest absolute Gasteiger partial charge is 0.271 e. The highest BCUT2D eigenvalue weighted by atomic mass is 32.1. The molecule has 0 aromatic carbocycles. The predicted octanol–water partition coefficient (Wildman–Crippen LogP) is 2.55. The first kappa shape index (κ1) is 11.2. The van der Waals surface area contributed by atoms with Crippen LogP contribution in [-0.2, 0) is 4.84 Å². The first-order chi connectivity index (χ1) is 6.66. The molecule has 0 unspecified atom stereocenters. The van der Waals surface area contributed by atoms with E-state index in [1.54, 1.807) is 6.07 Å². The fourth-order valence-electron chi connectivity index (χ4n) is 1.09. The van der Waals surface area contributed by atoms with Gasteiger partial charge >= 0.3 is 0 Å². The Kier molecular flexibility index (Phi) is 4.10. The molecule has 0 radical (unpaired) electrons. The molecule has 1 heterocycles. The van der Waals surface area contributed by atoms with Gasteiger partial charge < -0.3 is 0 Å². The molecule has 0 N–H and O–H groups in total. The van der Waals surface area contributed by atoms with Crippen LogP contribution in [0.4, 0.5) is 0 Å². The summed E-state index contributed by atoms with van der Waals surface area (Å²) in [5.74, 6) is -0.0585. The van der Waals surface area contributed by atoms with Gasteiger partial charge in [-0.05, 0) is 32.2 Å². The average molecular weight is 213 g/mol. The molecule has 0 aliphatic carbocycles. The SMILES string of the molecule is CCON(C(=O)c1cccs1)C(C)C. The zero-order valence-electron chi connectivity index (χ0n) is 8.69. The van der Waals surface area contributed by atoms with Crippen molar-refractivity contribution in [2.45, 2.75) is 26.8 Å². The van der Waals surface area contributed by atoms with E-state index in [1.165, 1.54) is 16.4 Å². The normalized spacial score (nSPS) is 10.6. The van der Waals surface area contributed by atoms with Crippen molar-refractivity contribution in [3.05, 3.63) is 22.4 Å². The van der Waals surface area contributed by atoms with Gasteiger partial charge in [0.25, 0.3) is 5.91 Å². The van der Waals surface area contributed by atoms with Gasteiger partial charge in [-0.15, -0.1) is 11.3 Å². The summed E-state index contributed by atoms with van der Waals surface area (Å²) in [4.78, 5) is 17.8. The molecule has 1 aromatic rings. The molecule has 0 saturated heterocycles. The summed E-state index contributed by atoms with van der Waals surface area (Å²) in [7, 11) is 0. The number of hydroxylamine groups is 2. The third-order valence-electron chi connectivity index (χ3n) is 1.67. The number of amides is 1. The molecule has 1 rings (SSSR count). The van der Waals surface area contributed by atoms with Crippen LogP contribution in [-0.4, -0.2) is 23.6 Å². The Labute approximate surface area is 88.3 Å². The molecule has 0 bridgehead atoms. The van der Waals surface area contributed by atoms with Gasteiger partial charge in [-0.3, -0.25) is 9.63 Å². The molecule has 0 aliphatic rings. The molecule has 0 saturated carbocycles. The van der Waals surface area contributed by atoms with Crippen molar-refractivity contribution < 1.29 is 9.63 Å². The van der Waals surface area contributed by atoms with E-state index in [9.17, 15) is 4.79 Å². The Hall–Kier alpha value is -0.870. The van der Waals surface area contributed by atoms with Crippen molar-refractivity contribution in [1.82, 2.24) is 5.06 Å². The molecule has 1 aromatic heterocycles. The van der Waals surface area contributed by atoms with Crippen molar-refractivity contribution in [3.63, 3.8) is 0 Å². The second-order valence-corrected chi connectivity index (χ2v) is 4.07. The van der Waals surface area contributed by atoms with Gasteiger partial charge in [-0.1, -0.05) is 6.07 Å². The van der Waals surface area contributed by atoms with Crippen molar-refractivity contribution in [1.29, 1.82) is 0 Å². The molecule has 0 spiro atoms. The number of thiophene rings is 1. The van der Waals surface area contributed by atoms with Crippen LogP contribution in [0.2, 0.25) is 0 Å².